The molecule has 1 atom stereocenters. The number of ether oxygens (including phenoxy) is 1. The van der Waals surface area contributed by atoms with Gasteiger partial charge >= 0.3 is 0 Å². The maximum absolute atomic E-state index is 11.9. The van der Waals surface area contributed by atoms with Crippen molar-refractivity contribution in [2.24, 2.45) is 5.92 Å². The zero-order valence-electron chi connectivity index (χ0n) is 12.3. The number of halogens is 1. The van der Waals surface area contributed by atoms with Crippen molar-refractivity contribution in [3.05, 3.63) is 28.8 Å². The van der Waals surface area contributed by atoms with Crippen LogP contribution in [0, 0.1) is 17.8 Å². The van der Waals surface area contributed by atoms with Gasteiger partial charge in [0, 0.05) is 32.1 Å². The molecule has 0 aliphatic carbocycles. The molecule has 21 heavy (non-hydrogen) atoms. The molecule has 2 N–H and O–H groups in total. The van der Waals surface area contributed by atoms with Crippen LogP contribution in [0.1, 0.15) is 25.3 Å². The second-order valence-electron chi connectivity index (χ2n) is 4.78. The number of carbonyl (C=O) groups excluding carboxylic acids is 1. The number of aliphatic hydroxyl groups excluding tert-OH is 1. The standard InChI is InChI=1S/C16H20ClNO3/c1-12(11-21-2)9-16(20)18-15-10-13(5-3-4-8-19)6-7-14(15)17/h6-7,10,12,19H,4,8-9,11H2,1-2H3,(H,18,20). The number of hydrogen-bond acceptors (Lipinski definition) is 3. The normalized spacial score (nSPS) is 11.4. The summed E-state index contributed by atoms with van der Waals surface area (Å²) in [4.78, 5) is 11.9. The number of nitrogens with one attached hydrogen (secondary N) is 1. The Hall–Kier alpha value is -1.54. The molecule has 0 spiro atoms. The number of benzene rings is 1. The first-order valence-corrected chi connectivity index (χ1v) is 7.12. The average molecular weight is 310 g/mol. The Morgan fingerprint density at radius 2 is 2.29 bits per heavy atom. The summed E-state index contributed by atoms with van der Waals surface area (Å²) in [5, 5.41) is 12.0. The van der Waals surface area contributed by atoms with Gasteiger partial charge in [-0.25, -0.2) is 0 Å². The quantitative estimate of drug-likeness (QED) is 0.794. The van der Waals surface area contributed by atoms with Crippen molar-refractivity contribution < 1.29 is 14.6 Å². The average Bonchev–Trinajstić information content (AvgIpc) is 2.42. The van der Waals surface area contributed by atoms with Crippen LogP contribution in [0.3, 0.4) is 0 Å². The van der Waals surface area contributed by atoms with E-state index in [1.54, 1.807) is 25.3 Å². The topological polar surface area (TPSA) is 58.6 Å². The van der Waals surface area contributed by atoms with E-state index in [1.807, 2.05) is 6.92 Å². The predicted octanol–water partition coefficient (Wildman–Crippen LogP) is 2.69. The van der Waals surface area contributed by atoms with Gasteiger partial charge in [0.05, 0.1) is 17.3 Å². The fraction of sp³-hybridized carbons (Fsp3) is 0.438. The Morgan fingerprint density at radius 3 is 2.95 bits per heavy atom. The zero-order chi connectivity index (χ0) is 15.7. The highest BCUT2D eigenvalue weighted by Crippen LogP contribution is 2.23. The van der Waals surface area contributed by atoms with E-state index in [2.05, 4.69) is 17.2 Å². The lowest BCUT2D eigenvalue weighted by atomic mass is 10.1. The van der Waals surface area contributed by atoms with Gasteiger partial charge in [0.25, 0.3) is 0 Å². The molecule has 0 heterocycles. The van der Waals surface area contributed by atoms with E-state index in [0.29, 0.717) is 30.2 Å². The minimum Gasteiger partial charge on any atom is -0.395 e. The number of anilines is 1. The summed E-state index contributed by atoms with van der Waals surface area (Å²) >= 11 is 6.07. The highest BCUT2D eigenvalue weighted by molar-refractivity contribution is 6.33. The molecule has 1 aromatic rings. The zero-order valence-corrected chi connectivity index (χ0v) is 13.0. The molecule has 114 valence electrons. The minimum absolute atomic E-state index is 0.0293. The highest BCUT2D eigenvalue weighted by atomic mass is 35.5. The molecular formula is C16H20ClNO3. The fourth-order valence-electron chi connectivity index (χ4n) is 1.78. The number of carbonyl (C=O) groups is 1. The smallest absolute Gasteiger partial charge is 0.224 e. The summed E-state index contributed by atoms with van der Waals surface area (Å²) in [6, 6.07) is 5.19. The van der Waals surface area contributed by atoms with Crippen molar-refractivity contribution in [1.29, 1.82) is 0 Å². The lowest BCUT2D eigenvalue weighted by molar-refractivity contribution is -0.117. The number of amides is 1. The van der Waals surface area contributed by atoms with E-state index < -0.39 is 0 Å². The SMILES string of the molecule is COCC(C)CC(=O)Nc1cc(C#CCCO)ccc1Cl. The second-order valence-corrected chi connectivity index (χ2v) is 5.19. The highest BCUT2D eigenvalue weighted by Gasteiger charge is 2.11. The molecule has 1 unspecified atom stereocenters. The molecule has 0 aliphatic heterocycles. The molecule has 1 aromatic carbocycles. The molecule has 0 aliphatic rings. The van der Waals surface area contributed by atoms with Crippen molar-refractivity contribution in [2.75, 3.05) is 25.6 Å². The van der Waals surface area contributed by atoms with Gasteiger partial charge in [0.15, 0.2) is 0 Å². The first kappa shape index (κ1) is 17.5. The monoisotopic (exact) mass is 309 g/mol. The van der Waals surface area contributed by atoms with E-state index in [1.165, 1.54) is 0 Å². The van der Waals surface area contributed by atoms with Gasteiger partial charge in [0.1, 0.15) is 0 Å². The summed E-state index contributed by atoms with van der Waals surface area (Å²) in [5.41, 5.74) is 1.29. The Labute approximate surface area is 130 Å². The summed E-state index contributed by atoms with van der Waals surface area (Å²) in [5.74, 6) is 5.77. The number of aliphatic hydroxyl groups is 1. The van der Waals surface area contributed by atoms with Crippen LogP contribution in [0.2, 0.25) is 5.02 Å². The predicted molar refractivity (Wildman–Crippen MR) is 84.3 cm³/mol. The lowest BCUT2D eigenvalue weighted by Crippen LogP contribution is -2.17. The minimum atomic E-state index is -0.109. The Morgan fingerprint density at radius 1 is 1.52 bits per heavy atom. The van der Waals surface area contributed by atoms with Crippen molar-refractivity contribution >= 4 is 23.2 Å². The van der Waals surface area contributed by atoms with E-state index in [0.717, 1.165) is 5.56 Å². The van der Waals surface area contributed by atoms with E-state index >= 15 is 0 Å². The van der Waals surface area contributed by atoms with Gasteiger partial charge in [-0.05, 0) is 24.1 Å². The van der Waals surface area contributed by atoms with Crippen molar-refractivity contribution in [3.8, 4) is 11.8 Å². The molecule has 0 aromatic heterocycles. The van der Waals surface area contributed by atoms with E-state index in [9.17, 15) is 4.79 Å². The van der Waals surface area contributed by atoms with Crippen LogP contribution in [0.25, 0.3) is 0 Å². The van der Waals surface area contributed by atoms with Crippen LogP contribution in [0.15, 0.2) is 18.2 Å². The molecule has 4 nitrogen and oxygen atoms in total. The molecule has 1 rings (SSSR count). The van der Waals surface area contributed by atoms with Crippen LogP contribution >= 0.6 is 11.6 Å². The Bertz CT molecular complexity index is 534. The van der Waals surface area contributed by atoms with Crippen molar-refractivity contribution in [2.45, 2.75) is 19.8 Å². The van der Waals surface area contributed by atoms with Crippen LogP contribution in [0.5, 0.6) is 0 Å². The second kappa shape index (κ2) is 9.41. The van der Waals surface area contributed by atoms with Gasteiger partial charge in [-0.15, -0.1) is 0 Å². The third kappa shape index (κ3) is 6.63. The molecule has 0 radical (unpaired) electrons. The molecule has 1 amide bonds. The third-order valence-corrected chi connectivity index (χ3v) is 3.02. The molecule has 0 saturated carbocycles. The summed E-state index contributed by atoms with van der Waals surface area (Å²) in [7, 11) is 1.61. The number of rotatable bonds is 6. The van der Waals surface area contributed by atoms with E-state index in [-0.39, 0.29) is 18.4 Å². The van der Waals surface area contributed by atoms with Crippen molar-refractivity contribution in [3.63, 3.8) is 0 Å². The Kier molecular flexibility index (Phi) is 7.84. The van der Waals surface area contributed by atoms with Crippen LogP contribution < -0.4 is 5.32 Å². The molecule has 0 bridgehead atoms. The third-order valence-electron chi connectivity index (χ3n) is 2.70. The van der Waals surface area contributed by atoms with Gasteiger partial charge in [-0.1, -0.05) is 30.4 Å². The maximum atomic E-state index is 11.9. The fourth-order valence-corrected chi connectivity index (χ4v) is 1.95. The van der Waals surface area contributed by atoms with Crippen LogP contribution in [-0.2, 0) is 9.53 Å². The Balaban J connectivity index is 2.72. The largest absolute Gasteiger partial charge is 0.395 e. The van der Waals surface area contributed by atoms with Gasteiger partial charge in [-0.3, -0.25) is 4.79 Å². The van der Waals surface area contributed by atoms with Crippen LogP contribution in [0.4, 0.5) is 5.69 Å². The maximum Gasteiger partial charge on any atom is 0.224 e. The van der Waals surface area contributed by atoms with Gasteiger partial charge < -0.3 is 15.2 Å². The first-order chi connectivity index (χ1) is 10.1. The summed E-state index contributed by atoms with van der Waals surface area (Å²) in [6.07, 6.45) is 0.781. The molecule has 0 fully saturated rings. The molecule has 5 heteroatoms. The summed E-state index contributed by atoms with van der Waals surface area (Å²) in [6.45, 7) is 2.51. The van der Waals surface area contributed by atoms with Gasteiger partial charge in [-0.2, -0.15) is 0 Å². The van der Waals surface area contributed by atoms with Crippen molar-refractivity contribution in [1.82, 2.24) is 0 Å². The molecule has 0 saturated heterocycles. The van der Waals surface area contributed by atoms with Crippen LogP contribution in [-0.4, -0.2) is 31.3 Å². The number of methoxy groups -OCH3 is 1. The van der Waals surface area contributed by atoms with Gasteiger partial charge in [0.2, 0.25) is 5.91 Å². The molecular weight excluding hydrogens is 290 g/mol. The summed E-state index contributed by atoms with van der Waals surface area (Å²) < 4.78 is 5.01. The lowest BCUT2D eigenvalue weighted by Gasteiger charge is -2.11. The number of hydrogen-bond donors (Lipinski definition) is 2. The van der Waals surface area contributed by atoms with E-state index in [4.69, 9.17) is 21.4 Å². The first-order valence-electron chi connectivity index (χ1n) is 6.75.